The fraction of sp³-hybridized carbons (Fsp3) is 0.421. The van der Waals surface area contributed by atoms with Crippen molar-refractivity contribution in [2.75, 3.05) is 19.6 Å². The van der Waals surface area contributed by atoms with Gasteiger partial charge < -0.3 is 10.2 Å². The van der Waals surface area contributed by atoms with Gasteiger partial charge in [0.15, 0.2) is 0 Å². The second-order valence-electron chi connectivity index (χ2n) is 6.38. The highest BCUT2D eigenvalue weighted by molar-refractivity contribution is 7.13. The van der Waals surface area contributed by atoms with Gasteiger partial charge in [0.25, 0.3) is 0 Å². The molecule has 2 heterocycles. The topological polar surface area (TPSA) is 62.3 Å². The third kappa shape index (κ3) is 4.89. The van der Waals surface area contributed by atoms with E-state index in [4.69, 9.17) is 0 Å². The number of carbonyl (C=O) groups excluding carboxylic acids is 2. The molecule has 6 heteroatoms. The van der Waals surface area contributed by atoms with E-state index in [2.05, 4.69) is 29.4 Å². The maximum absolute atomic E-state index is 12.0. The van der Waals surface area contributed by atoms with E-state index in [0.29, 0.717) is 19.4 Å². The summed E-state index contributed by atoms with van der Waals surface area (Å²) in [6, 6.07) is 8.21. The molecule has 2 aromatic rings. The Balaban J connectivity index is 1.43. The molecule has 0 atom stereocenters. The number of carbonyl (C=O) groups is 2. The zero-order chi connectivity index (χ0) is 17.6. The van der Waals surface area contributed by atoms with Crippen LogP contribution >= 0.6 is 11.3 Å². The number of amides is 2. The second kappa shape index (κ2) is 8.25. The minimum Gasteiger partial charge on any atom is -0.356 e. The number of aryl methyl sites for hydroxylation is 1. The van der Waals surface area contributed by atoms with E-state index >= 15 is 0 Å². The van der Waals surface area contributed by atoms with Gasteiger partial charge in [-0.05, 0) is 25.8 Å². The van der Waals surface area contributed by atoms with Gasteiger partial charge in [-0.25, -0.2) is 4.98 Å². The first kappa shape index (κ1) is 17.6. The number of rotatable bonds is 7. The first-order valence-corrected chi connectivity index (χ1v) is 9.56. The van der Waals surface area contributed by atoms with Gasteiger partial charge in [-0.15, -0.1) is 11.3 Å². The molecule has 0 radical (unpaired) electrons. The van der Waals surface area contributed by atoms with Crippen LogP contribution in [0.4, 0.5) is 0 Å². The number of nitrogens with zero attached hydrogens (tertiary/aromatic N) is 2. The molecule has 0 aliphatic carbocycles. The van der Waals surface area contributed by atoms with E-state index < -0.39 is 0 Å². The summed E-state index contributed by atoms with van der Waals surface area (Å²) in [5.74, 6) is 0.214. The van der Waals surface area contributed by atoms with Gasteiger partial charge in [0.1, 0.15) is 5.01 Å². The Kier molecular flexibility index (Phi) is 5.81. The van der Waals surface area contributed by atoms with Gasteiger partial charge in [0.2, 0.25) is 11.8 Å². The minimum atomic E-state index is -0.0196. The molecule has 0 saturated carbocycles. The molecule has 1 aromatic heterocycles. The lowest BCUT2D eigenvalue weighted by Crippen LogP contribution is -2.31. The molecule has 1 N–H and O–H groups in total. The number of benzene rings is 1. The van der Waals surface area contributed by atoms with Crippen LogP contribution in [0.5, 0.6) is 0 Å². The van der Waals surface area contributed by atoms with E-state index in [1.54, 1.807) is 11.3 Å². The van der Waals surface area contributed by atoms with Gasteiger partial charge in [0, 0.05) is 37.0 Å². The zero-order valence-electron chi connectivity index (χ0n) is 14.5. The van der Waals surface area contributed by atoms with Crippen LogP contribution in [0.15, 0.2) is 29.6 Å². The fourth-order valence-electron chi connectivity index (χ4n) is 2.96. The van der Waals surface area contributed by atoms with Crippen molar-refractivity contribution in [2.24, 2.45) is 0 Å². The highest BCUT2D eigenvalue weighted by Gasteiger charge is 2.19. The number of nitrogens with one attached hydrogen (secondary N) is 1. The number of thiazole rings is 1. The summed E-state index contributed by atoms with van der Waals surface area (Å²) in [6.45, 7) is 4.24. The van der Waals surface area contributed by atoms with Crippen LogP contribution in [0.3, 0.4) is 0 Å². The quantitative estimate of drug-likeness (QED) is 0.775. The number of likely N-dealkylation sites (tertiary alicyclic amines) is 1. The van der Waals surface area contributed by atoms with Crippen molar-refractivity contribution in [2.45, 2.75) is 32.6 Å². The molecule has 0 spiro atoms. The van der Waals surface area contributed by atoms with Crippen LogP contribution in [-0.2, 0) is 16.0 Å². The lowest BCUT2D eigenvalue weighted by Gasteiger charge is -2.15. The fourth-order valence-corrected chi connectivity index (χ4v) is 3.78. The molecule has 132 valence electrons. The molecule has 25 heavy (non-hydrogen) atoms. The predicted octanol–water partition coefficient (Wildman–Crippen LogP) is 2.79. The third-order valence-electron chi connectivity index (χ3n) is 4.26. The van der Waals surface area contributed by atoms with Crippen LogP contribution in [-0.4, -0.2) is 41.3 Å². The van der Waals surface area contributed by atoms with Crippen molar-refractivity contribution in [1.29, 1.82) is 0 Å². The molecule has 5 nitrogen and oxygen atoms in total. The van der Waals surface area contributed by atoms with Gasteiger partial charge in [-0.1, -0.05) is 23.8 Å². The van der Waals surface area contributed by atoms with Gasteiger partial charge in [0.05, 0.1) is 12.1 Å². The van der Waals surface area contributed by atoms with Crippen LogP contribution < -0.4 is 5.32 Å². The molecule has 2 amide bonds. The zero-order valence-corrected chi connectivity index (χ0v) is 15.3. The normalized spacial score (nSPS) is 14.1. The average molecular weight is 357 g/mol. The summed E-state index contributed by atoms with van der Waals surface area (Å²) in [5, 5.41) is 5.80. The highest BCUT2D eigenvalue weighted by atomic mass is 32.1. The van der Waals surface area contributed by atoms with E-state index in [1.165, 1.54) is 5.56 Å². The Bertz CT molecular complexity index is 757. The van der Waals surface area contributed by atoms with Crippen molar-refractivity contribution in [3.63, 3.8) is 0 Å². The Hall–Kier alpha value is -2.21. The number of hydrogen-bond donors (Lipinski definition) is 1. The van der Waals surface area contributed by atoms with Crippen molar-refractivity contribution >= 4 is 23.2 Å². The van der Waals surface area contributed by atoms with Crippen LogP contribution in [0.2, 0.25) is 0 Å². The lowest BCUT2D eigenvalue weighted by atomic mass is 10.1. The summed E-state index contributed by atoms with van der Waals surface area (Å²) in [5.41, 5.74) is 3.09. The van der Waals surface area contributed by atoms with Crippen molar-refractivity contribution in [1.82, 2.24) is 15.2 Å². The van der Waals surface area contributed by atoms with E-state index in [0.717, 1.165) is 42.2 Å². The second-order valence-corrected chi connectivity index (χ2v) is 7.24. The molecule has 1 aliphatic rings. The molecule has 1 saturated heterocycles. The summed E-state index contributed by atoms with van der Waals surface area (Å²) >= 11 is 1.56. The monoisotopic (exact) mass is 357 g/mol. The Morgan fingerprint density at radius 2 is 2.28 bits per heavy atom. The highest BCUT2D eigenvalue weighted by Crippen LogP contribution is 2.24. The maximum atomic E-state index is 12.0. The Morgan fingerprint density at radius 3 is 3.04 bits per heavy atom. The first-order valence-electron chi connectivity index (χ1n) is 8.68. The van der Waals surface area contributed by atoms with Gasteiger partial charge >= 0.3 is 0 Å². The van der Waals surface area contributed by atoms with Crippen molar-refractivity contribution in [3.8, 4) is 10.6 Å². The molecule has 1 aromatic carbocycles. The van der Waals surface area contributed by atoms with Crippen molar-refractivity contribution < 1.29 is 9.59 Å². The smallest absolute Gasteiger partial charge is 0.226 e. The SMILES string of the molecule is Cc1cccc(-c2nc(CC(=O)NCCCN3CCCC3=O)cs2)c1. The average Bonchev–Trinajstić information content (AvgIpc) is 3.21. The summed E-state index contributed by atoms with van der Waals surface area (Å²) in [6.07, 6.45) is 2.71. The van der Waals surface area contributed by atoms with Crippen LogP contribution in [0.25, 0.3) is 10.6 Å². The largest absolute Gasteiger partial charge is 0.356 e. The van der Waals surface area contributed by atoms with Crippen LogP contribution in [0.1, 0.15) is 30.5 Å². The molecular formula is C19H23N3O2S. The standard InChI is InChI=1S/C19H23N3O2S/c1-14-5-2-6-15(11-14)19-21-16(13-25-19)12-17(23)20-8-4-10-22-9-3-7-18(22)24/h2,5-6,11,13H,3-4,7-10,12H2,1H3,(H,20,23). The van der Waals surface area contributed by atoms with Gasteiger partial charge in [-0.3, -0.25) is 9.59 Å². The van der Waals surface area contributed by atoms with E-state index in [1.807, 2.05) is 22.4 Å². The van der Waals surface area contributed by atoms with Crippen molar-refractivity contribution in [3.05, 3.63) is 40.9 Å². The third-order valence-corrected chi connectivity index (χ3v) is 5.20. The van der Waals surface area contributed by atoms with Crippen LogP contribution in [0, 0.1) is 6.92 Å². The van der Waals surface area contributed by atoms with Gasteiger partial charge in [-0.2, -0.15) is 0 Å². The summed E-state index contributed by atoms with van der Waals surface area (Å²) < 4.78 is 0. The summed E-state index contributed by atoms with van der Waals surface area (Å²) in [4.78, 5) is 30.0. The molecule has 0 bridgehead atoms. The number of aromatic nitrogens is 1. The molecular weight excluding hydrogens is 334 g/mol. The summed E-state index contributed by atoms with van der Waals surface area (Å²) in [7, 11) is 0. The van der Waals surface area contributed by atoms with E-state index in [9.17, 15) is 9.59 Å². The lowest BCUT2D eigenvalue weighted by molar-refractivity contribution is -0.127. The Morgan fingerprint density at radius 1 is 1.40 bits per heavy atom. The first-order chi connectivity index (χ1) is 12.1. The van der Waals surface area contributed by atoms with E-state index in [-0.39, 0.29) is 11.8 Å². The maximum Gasteiger partial charge on any atom is 0.226 e. The predicted molar refractivity (Wildman–Crippen MR) is 99.4 cm³/mol. The molecule has 1 aliphatic heterocycles. The molecule has 1 fully saturated rings. The number of hydrogen-bond acceptors (Lipinski definition) is 4. The minimum absolute atomic E-state index is 0.0196. The molecule has 0 unspecified atom stereocenters. The Labute approximate surface area is 152 Å². The molecule has 3 rings (SSSR count).